The molecule has 1 saturated heterocycles. The number of aryl methyl sites for hydroxylation is 1. The molecule has 30 heavy (non-hydrogen) atoms. The number of carbonyl (C=O) groups excluding carboxylic acids is 3. The second-order valence-electron chi connectivity index (χ2n) is 6.24. The molecule has 1 aliphatic rings. The highest BCUT2D eigenvalue weighted by Crippen LogP contribution is 2.37. The third kappa shape index (κ3) is 4.89. The molecule has 0 bridgehead atoms. The van der Waals surface area contributed by atoms with Gasteiger partial charge in [0.2, 0.25) is 0 Å². The maximum Gasteiger partial charge on any atom is 0.325 e. The molecule has 1 fully saturated rings. The fraction of sp³-hybridized carbons (Fsp3) is 0.150. The summed E-state index contributed by atoms with van der Waals surface area (Å²) in [6.45, 7) is 1.48. The summed E-state index contributed by atoms with van der Waals surface area (Å²) in [7, 11) is 1.16. The zero-order chi connectivity index (χ0) is 21.8. The summed E-state index contributed by atoms with van der Waals surface area (Å²) in [6.07, 6.45) is 1.40. The molecule has 1 heterocycles. The molecule has 2 amide bonds. The number of ether oxygens (including phenoxy) is 1. The maximum absolute atomic E-state index is 12.4. The zero-order valence-corrected chi connectivity index (χ0v) is 17.6. The first kappa shape index (κ1) is 21.6. The van der Waals surface area contributed by atoms with E-state index >= 15 is 0 Å². The Kier molecular flexibility index (Phi) is 6.58. The van der Waals surface area contributed by atoms with Gasteiger partial charge in [-0.2, -0.15) is 0 Å². The number of nitro benzene ring substituents is 1. The normalized spacial score (nSPS) is 15.0. The predicted octanol–water partition coefficient (Wildman–Crippen LogP) is 4.26. The molecule has 0 atom stereocenters. The van der Waals surface area contributed by atoms with Gasteiger partial charge in [-0.05, 0) is 48.5 Å². The summed E-state index contributed by atoms with van der Waals surface area (Å²) in [6, 6.07) is 12.2. The van der Waals surface area contributed by atoms with E-state index in [0.717, 1.165) is 22.5 Å². The fourth-order valence-corrected chi connectivity index (χ4v) is 4.31. The van der Waals surface area contributed by atoms with Gasteiger partial charge >= 0.3 is 5.97 Å². The molecular weight excluding hydrogens is 428 g/mol. The molecule has 0 aromatic heterocycles. The lowest BCUT2D eigenvalue weighted by Crippen LogP contribution is -2.34. The van der Waals surface area contributed by atoms with Gasteiger partial charge < -0.3 is 4.74 Å². The van der Waals surface area contributed by atoms with Gasteiger partial charge in [-0.3, -0.25) is 29.4 Å². The van der Waals surface area contributed by atoms with E-state index < -0.39 is 28.6 Å². The van der Waals surface area contributed by atoms with Crippen molar-refractivity contribution < 1.29 is 24.0 Å². The fourth-order valence-electron chi connectivity index (χ4n) is 2.57. The number of carbonyl (C=O) groups is 3. The van der Waals surface area contributed by atoms with Crippen molar-refractivity contribution in [3.63, 3.8) is 0 Å². The molecule has 1 aliphatic heterocycles. The second kappa shape index (κ2) is 9.14. The molecule has 8 nitrogen and oxygen atoms in total. The van der Waals surface area contributed by atoms with Crippen LogP contribution in [0.5, 0.6) is 0 Å². The number of benzene rings is 2. The number of amides is 2. The van der Waals surface area contributed by atoms with Crippen molar-refractivity contribution in [2.45, 2.75) is 16.7 Å². The standard InChI is InChI=1S/C20H16N2O6S2/c1-12-3-6-14(7-4-12)29-16-8-5-13(9-15(16)22(26)27)10-17-19(24)21(20(25)30-17)11-18(23)28-2/h3-10H,11H2,1-2H3/b17-10-. The van der Waals surface area contributed by atoms with E-state index in [0.29, 0.717) is 22.2 Å². The van der Waals surface area contributed by atoms with Crippen LogP contribution in [-0.4, -0.2) is 40.6 Å². The van der Waals surface area contributed by atoms with E-state index in [1.807, 2.05) is 31.2 Å². The van der Waals surface area contributed by atoms with Crippen molar-refractivity contribution in [2.24, 2.45) is 0 Å². The van der Waals surface area contributed by atoms with E-state index in [2.05, 4.69) is 4.74 Å². The highest BCUT2D eigenvalue weighted by Gasteiger charge is 2.36. The van der Waals surface area contributed by atoms with Crippen LogP contribution in [0.15, 0.2) is 57.2 Å². The van der Waals surface area contributed by atoms with Crippen molar-refractivity contribution in [2.75, 3.05) is 13.7 Å². The summed E-state index contributed by atoms with van der Waals surface area (Å²) in [5.74, 6) is -1.36. The Bertz CT molecular complexity index is 1070. The van der Waals surface area contributed by atoms with Crippen molar-refractivity contribution in [1.82, 2.24) is 4.90 Å². The van der Waals surface area contributed by atoms with Gasteiger partial charge in [0.25, 0.3) is 16.8 Å². The monoisotopic (exact) mass is 444 g/mol. The maximum atomic E-state index is 12.4. The van der Waals surface area contributed by atoms with Gasteiger partial charge in [0.15, 0.2) is 0 Å². The van der Waals surface area contributed by atoms with Crippen LogP contribution < -0.4 is 0 Å². The second-order valence-corrected chi connectivity index (χ2v) is 8.35. The van der Waals surface area contributed by atoms with E-state index in [4.69, 9.17) is 0 Å². The summed E-state index contributed by atoms with van der Waals surface area (Å²) in [5.41, 5.74) is 1.38. The first-order valence-electron chi connectivity index (χ1n) is 8.63. The third-order valence-corrected chi connectivity index (χ3v) is 6.10. The molecular formula is C20H16N2O6S2. The van der Waals surface area contributed by atoms with Crippen LogP contribution in [-0.2, 0) is 14.3 Å². The Hall–Kier alpha value is -3.11. The minimum atomic E-state index is -0.716. The average Bonchev–Trinajstić information content (AvgIpc) is 2.97. The molecule has 2 aromatic carbocycles. The van der Waals surface area contributed by atoms with Gasteiger partial charge in [-0.25, -0.2) is 0 Å². The van der Waals surface area contributed by atoms with Gasteiger partial charge in [0.1, 0.15) is 6.54 Å². The first-order chi connectivity index (χ1) is 14.3. The van der Waals surface area contributed by atoms with Crippen LogP contribution in [0.2, 0.25) is 0 Å². The van der Waals surface area contributed by atoms with E-state index in [9.17, 15) is 24.5 Å². The smallest absolute Gasteiger partial charge is 0.325 e. The number of methoxy groups -OCH3 is 1. The van der Waals surface area contributed by atoms with Gasteiger partial charge in [0.05, 0.1) is 21.8 Å². The van der Waals surface area contributed by atoms with E-state index in [-0.39, 0.29) is 10.6 Å². The van der Waals surface area contributed by atoms with Crippen molar-refractivity contribution in [1.29, 1.82) is 0 Å². The minimum absolute atomic E-state index is 0.0807. The molecule has 0 aliphatic carbocycles. The number of hydrogen-bond donors (Lipinski definition) is 0. The number of thioether (sulfide) groups is 1. The SMILES string of the molecule is COC(=O)CN1C(=O)S/C(=C\c2ccc(Sc3ccc(C)cc3)c([N+](=O)[O-])c2)C1=O. The topological polar surface area (TPSA) is 107 Å². The third-order valence-electron chi connectivity index (χ3n) is 4.11. The van der Waals surface area contributed by atoms with Gasteiger partial charge in [0, 0.05) is 11.0 Å². The summed E-state index contributed by atoms with van der Waals surface area (Å²) in [5, 5.41) is 11.0. The summed E-state index contributed by atoms with van der Waals surface area (Å²) in [4.78, 5) is 49.0. The van der Waals surface area contributed by atoms with E-state index in [1.165, 1.54) is 23.9 Å². The minimum Gasteiger partial charge on any atom is -0.468 e. The average molecular weight is 444 g/mol. The van der Waals surface area contributed by atoms with Gasteiger partial charge in [-0.15, -0.1) is 0 Å². The van der Waals surface area contributed by atoms with Crippen molar-refractivity contribution in [3.8, 4) is 0 Å². The molecule has 3 rings (SSSR count). The van der Waals surface area contributed by atoms with Crippen LogP contribution in [0.4, 0.5) is 10.5 Å². The molecule has 0 unspecified atom stereocenters. The molecule has 154 valence electrons. The molecule has 10 heteroatoms. The van der Waals surface area contributed by atoms with Gasteiger partial charge in [-0.1, -0.05) is 35.5 Å². The quantitative estimate of drug-likeness (QED) is 0.281. The Morgan fingerprint density at radius 1 is 1.23 bits per heavy atom. The predicted molar refractivity (Wildman–Crippen MR) is 113 cm³/mol. The largest absolute Gasteiger partial charge is 0.468 e. The molecule has 0 N–H and O–H groups in total. The number of rotatable bonds is 6. The van der Waals surface area contributed by atoms with Crippen molar-refractivity contribution >= 4 is 52.4 Å². The Balaban J connectivity index is 1.86. The molecule has 0 saturated carbocycles. The van der Waals surface area contributed by atoms with Crippen molar-refractivity contribution in [3.05, 3.63) is 68.6 Å². The Labute approximate surface area is 180 Å². The lowest BCUT2D eigenvalue weighted by atomic mass is 10.2. The summed E-state index contributed by atoms with van der Waals surface area (Å²) < 4.78 is 4.48. The van der Waals surface area contributed by atoms with E-state index in [1.54, 1.807) is 12.1 Å². The van der Waals surface area contributed by atoms with Crippen LogP contribution in [0, 0.1) is 17.0 Å². The number of nitrogens with zero attached hydrogens (tertiary/aromatic N) is 2. The number of esters is 1. The zero-order valence-electron chi connectivity index (χ0n) is 16.0. The number of hydrogen-bond acceptors (Lipinski definition) is 8. The Morgan fingerprint density at radius 3 is 2.57 bits per heavy atom. The number of nitro groups is 1. The van der Waals surface area contributed by atoms with Crippen LogP contribution in [0.3, 0.4) is 0 Å². The first-order valence-corrected chi connectivity index (χ1v) is 10.3. The van der Waals surface area contributed by atoms with Crippen LogP contribution in [0.25, 0.3) is 6.08 Å². The Morgan fingerprint density at radius 2 is 1.93 bits per heavy atom. The van der Waals surface area contributed by atoms with Crippen LogP contribution >= 0.6 is 23.5 Å². The highest BCUT2D eigenvalue weighted by molar-refractivity contribution is 8.18. The number of imide groups is 1. The molecule has 0 radical (unpaired) electrons. The lowest BCUT2D eigenvalue weighted by molar-refractivity contribution is -0.387. The molecule has 0 spiro atoms. The highest BCUT2D eigenvalue weighted by atomic mass is 32.2. The lowest BCUT2D eigenvalue weighted by Gasteiger charge is -2.09. The molecule has 2 aromatic rings. The summed E-state index contributed by atoms with van der Waals surface area (Å²) >= 11 is 1.93. The van der Waals surface area contributed by atoms with Crippen LogP contribution in [0.1, 0.15) is 11.1 Å².